The zero-order valence-electron chi connectivity index (χ0n) is 8.66. The molecule has 0 bridgehead atoms. The average Bonchev–Trinajstić information content (AvgIpc) is 2.50. The van der Waals surface area contributed by atoms with Crippen LogP contribution in [0.1, 0.15) is 24.5 Å². The van der Waals surface area contributed by atoms with E-state index in [2.05, 4.69) is 4.72 Å². The Morgan fingerprint density at radius 1 is 1.53 bits per heavy atom. The molecule has 15 heavy (non-hydrogen) atoms. The van der Waals surface area contributed by atoms with Crippen LogP contribution >= 0.6 is 11.6 Å². The molecule has 0 aliphatic rings. The van der Waals surface area contributed by atoms with Crippen molar-refractivity contribution in [2.45, 2.75) is 19.9 Å². The summed E-state index contributed by atoms with van der Waals surface area (Å²) in [6, 6.07) is 3.18. The summed E-state index contributed by atoms with van der Waals surface area (Å²) in [7, 11) is -3.31. The van der Waals surface area contributed by atoms with Crippen molar-refractivity contribution in [2.75, 3.05) is 11.6 Å². The summed E-state index contributed by atoms with van der Waals surface area (Å²) < 4.78 is 30.6. The Morgan fingerprint density at radius 3 is 2.67 bits per heavy atom. The predicted octanol–water partition coefficient (Wildman–Crippen LogP) is 1.81. The largest absolute Gasteiger partial charge is 0.465 e. The van der Waals surface area contributed by atoms with E-state index in [1.807, 2.05) is 6.92 Å². The van der Waals surface area contributed by atoms with Gasteiger partial charge in [-0.25, -0.2) is 13.1 Å². The first-order chi connectivity index (χ1) is 6.94. The highest BCUT2D eigenvalue weighted by Gasteiger charge is 2.17. The van der Waals surface area contributed by atoms with Gasteiger partial charge in [-0.05, 0) is 26.0 Å². The molecule has 1 N–H and O–H groups in total. The van der Waals surface area contributed by atoms with E-state index in [9.17, 15) is 8.42 Å². The van der Waals surface area contributed by atoms with Crippen LogP contribution < -0.4 is 4.72 Å². The molecule has 86 valence electrons. The first kappa shape index (κ1) is 12.5. The topological polar surface area (TPSA) is 59.3 Å². The molecule has 0 aliphatic carbocycles. The summed E-state index contributed by atoms with van der Waals surface area (Å²) in [4.78, 5) is 0. The highest BCUT2D eigenvalue weighted by Crippen LogP contribution is 2.16. The summed E-state index contributed by atoms with van der Waals surface area (Å²) in [5.41, 5.74) is 0. The molecule has 0 saturated heterocycles. The molecule has 0 radical (unpaired) electrons. The Labute approximate surface area is 94.7 Å². The lowest BCUT2D eigenvalue weighted by atomic mass is 10.3. The maximum absolute atomic E-state index is 11.4. The van der Waals surface area contributed by atoms with Crippen molar-refractivity contribution in [2.24, 2.45) is 0 Å². The van der Waals surface area contributed by atoms with Gasteiger partial charge in [0.2, 0.25) is 10.0 Å². The Balaban J connectivity index is 2.67. The summed E-state index contributed by atoms with van der Waals surface area (Å²) in [5, 5.41) is 0. The summed E-state index contributed by atoms with van der Waals surface area (Å²) >= 11 is 5.38. The van der Waals surface area contributed by atoms with Gasteiger partial charge in [-0.3, -0.25) is 0 Å². The molecule has 0 aromatic carbocycles. The summed E-state index contributed by atoms with van der Waals surface area (Å²) in [6.45, 7) is 3.54. The van der Waals surface area contributed by atoms with Crippen LogP contribution in [-0.4, -0.2) is 20.1 Å². The Kier molecular flexibility index (Phi) is 4.19. The van der Waals surface area contributed by atoms with Gasteiger partial charge in [0.15, 0.2) is 0 Å². The van der Waals surface area contributed by atoms with Gasteiger partial charge in [-0.1, -0.05) is 0 Å². The molecule has 6 heteroatoms. The Morgan fingerprint density at radius 2 is 2.20 bits per heavy atom. The van der Waals surface area contributed by atoms with Gasteiger partial charge < -0.3 is 4.42 Å². The minimum Gasteiger partial charge on any atom is -0.465 e. The number of sulfonamides is 1. The Hall–Kier alpha value is -0.520. The second-order valence-corrected chi connectivity index (χ2v) is 5.55. The van der Waals surface area contributed by atoms with Crippen LogP contribution in [0.15, 0.2) is 16.5 Å². The fourth-order valence-electron chi connectivity index (χ4n) is 1.17. The lowest BCUT2D eigenvalue weighted by Gasteiger charge is -2.10. The average molecular weight is 252 g/mol. The maximum atomic E-state index is 11.4. The number of hydrogen-bond acceptors (Lipinski definition) is 3. The minimum absolute atomic E-state index is 0.0826. The number of alkyl halides is 1. The third kappa shape index (κ3) is 3.85. The zero-order valence-corrected chi connectivity index (χ0v) is 10.2. The third-order valence-corrected chi connectivity index (χ3v) is 3.76. The van der Waals surface area contributed by atoms with Crippen molar-refractivity contribution in [1.29, 1.82) is 0 Å². The van der Waals surface area contributed by atoms with Crippen molar-refractivity contribution >= 4 is 21.6 Å². The van der Waals surface area contributed by atoms with Crippen LogP contribution in [0.5, 0.6) is 0 Å². The zero-order chi connectivity index (χ0) is 11.5. The van der Waals surface area contributed by atoms with E-state index >= 15 is 0 Å². The molecular weight excluding hydrogens is 238 g/mol. The first-order valence-electron chi connectivity index (χ1n) is 4.57. The van der Waals surface area contributed by atoms with Crippen LogP contribution in [-0.2, 0) is 10.0 Å². The van der Waals surface area contributed by atoms with Gasteiger partial charge in [-0.15, -0.1) is 11.6 Å². The van der Waals surface area contributed by atoms with Crippen molar-refractivity contribution in [3.63, 3.8) is 0 Å². The second kappa shape index (κ2) is 5.01. The summed E-state index contributed by atoms with van der Waals surface area (Å²) in [6.07, 6.45) is 0. The smallest absolute Gasteiger partial charge is 0.213 e. The molecule has 4 nitrogen and oxygen atoms in total. The predicted molar refractivity (Wildman–Crippen MR) is 59.5 cm³/mol. The maximum Gasteiger partial charge on any atom is 0.213 e. The van der Waals surface area contributed by atoms with Crippen molar-refractivity contribution in [3.05, 3.63) is 23.7 Å². The van der Waals surface area contributed by atoms with E-state index in [1.165, 1.54) is 0 Å². The molecule has 1 rings (SSSR count). The van der Waals surface area contributed by atoms with Crippen LogP contribution in [0.2, 0.25) is 0 Å². The molecule has 1 aromatic heterocycles. The molecule has 0 amide bonds. The van der Waals surface area contributed by atoms with Crippen LogP contribution in [0, 0.1) is 6.92 Å². The number of furan rings is 1. The summed E-state index contributed by atoms with van der Waals surface area (Å²) in [5.74, 6) is 1.36. The number of nitrogens with one attached hydrogen (secondary N) is 1. The lowest BCUT2D eigenvalue weighted by molar-refractivity contribution is 0.441. The first-order valence-corrected chi connectivity index (χ1v) is 6.75. The molecule has 1 atom stereocenters. The SMILES string of the molecule is Cc1ccc(C(C)NS(=O)(=O)CCCl)o1. The fraction of sp³-hybridized carbons (Fsp3) is 0.556. The fourth-order valence-corrected chi connectivity index (χ4v) is 2.76. The van der Waals surface area contributed by atoms with E-state index in [0.29, 0.717) is 5.76 Å². The minimum atomic E-state index is -3.31. The lowest BCUT2D eigenvalue weighted by Crippen LogP contribution is -2.29. The normalized spacial score (nSPS) is 14.1. The van der Waals surface area contributed by atoms with E-state index in [-0.39, 0.29) is 17.7 Å². The van der Waals surface area contributed by atoms with E-state index in [1.54, 1.807) is 19.1 Å². The van der Waals surface area contributed by atoms with Gasteiger partial charge in [0.1, 0.15) is 11.5 Å². The van der Waals surface area contributed by atoms with Crippen molar-refractivity contribution < 1.29 is 12.8 Å². The van der Waals surface area contributed by atoms with Crippen LogP contribution in [0.25, 0.3) is 0 Å². The highest BCUT2D eigenvalue weighted by molar-refractivity contribution is 7.89. The molecule has 0 spiro atoms. The van der Waals surface area contributed by atoms with Gasteiger partial charge in [0, 0.05) is 5.88 Å². The monoisotopic (exact) mass is 251 g/mol. The van der Waals surface area contributed by atoms with E-state index < -0.39 is 10.0 Å². The standard InChI is InChI=1S/C9H14ClNO3S/c1-7-3-4-9(14-7)8(2)11-15(12,13)6-5-10/h3-4,8,11H,5-6H2,1-2H3. The molecule has 1 heterocycles. The highest BCUT2D eigenvalue weighted by atomic mass is 35.5. The quantitative estimate of drug-likeness (QED) is 0.812. The molecule has 1 aromatic rings. The molecule has 0 aliphatic heterocycles. The van der Waals surface area contributed by atoms with Crippen molar-refractivity contribution in [1.82, 2.24) is 4.72 Å². The van der Waals surface area contributed by atoms with Gasteiger partial charge in [0.25, 0.3) is 0 Å². The molecule has 0 saturated carbocycles. The van der Waals surface area contributed by atoms with Crippen LogP contribution in [0.4, 0.5) is 0 Å². The van der Waals surface area contributed by atoms with Crippen LogP contribution in [0.3, 0.4) is 0 Å². The number of hydrogen-bond donors (Lipinski definition) is 1. The molecular formula is C9H14ClNO3S. The molecule has 0 fully saturated rings. The molecule has 1 unspecified atom stereocenters. The number of aryl methyl sites for hydroxylation is 1. The van der Waals surface area contributed by atoms with Gasteiger partial charge in [0.05, 0.1) is 11.8 Å². The van der Waals surface area contributed by atoms with Crippen molar-refractivity contribution in [3.8, 4) is 0 Å². The third-order valence-electron chi connectivity index (χ3n) is 1.89. The van der Waals surface area contributed by atoms with Gasteiger partial charge in [-0.2, -0.15) is 0 Å². The second-order valence-electron chi connectivity index (χ2n) is 3.30. The number of halogens is 1. The van der Waals surface area contributed by atoms with E-state index in [0.717, 1.165) is 5.76 Å². The van der Waals surface area contributed by atoms with Gasteiger partial charge >= 0.3 is 0 Å². The number of rotatable bonds is 5. The Bertz CT molecular complexity index is 413. The van der Waals surface area contributed by atoms with E-state index in [4.69, 9.17) is 16.0 Å².